The van der Waals surface area contributed by atoms with Gasteiger partial charge in [0.25, 0.3) is 0 Å². The van der Waals surface area contributed by atoms with Gasteiger partial charge in [-0.3, -0.25) is 9.88 Å². The first-order valence-electron chi connectivity index (χ1n) is 5.09. The molecular weight excluding hydrogens is 174 g/mol. The Morgan fingerprint density at radius 1 is 1.43 bits per heavy atom. The lowest BCUT2D eigenvalue weighted by molar-refractivity contribution is 0.266. The molecule has 0 spiro atoms. The summed E-state index contributed by atoms with van der Waals surface area (Å²) in [4.78, 5) is 6.33. The quantitative estimate of drug-likeness (QED) is 0.765. The molecule has 78 valence electrons. The highest BCUT2D eigenvalue weighted by Gasteiger charge is 2.05. The van der Waals surface area contributed by atoms with Crippen molar-refractivity contribution in [2.24, 2.45) is 5.73 Å². The summed E-state index contributed by atoms with van der Waals surface area (Å²) in [6.45, 7) is 7.13. The Morgan fingerprint density at radius 2 is 2.07 bits per heavy atom. The molecular formula is C11H19N3. The Kier molecular flexibility index (Phi) is 4.56. The van der Waals surface area contributed by atoms with Crippen molar-refractivity contribution in [3.63, 3.8) is 0 Å². The predicted molar refractivity (Wildman–Crippen MR) is 58.8 cm³/mol. The number of aromatic nitrogens is 1. The van der Waals surface area contributed by atoms with E-state index in [1.54, 1.807) is 0 Å². The zero-order valence-electron chi connectivity index (χ0n) is 8.98. The fraction of sp³-hybridized carbons (Fsp3) is 0.545. The highest BCUT2D eigenvalue weighted by atomic mass is 15.1. The minimum Gasteiger partial charge on any atom is -0.327 e. The van der Waals surface area contributed by atoms with Crippen molar-refractivity contribution in [2.45, 2.75) is 26.4 Å². The molecule has 1 aromatic heterocycles. The van der Waals surface area contributed by atoms with Crippen LogP contribution in [0.5, 0.6) is 0 Å². The van der Waals surface area contributed by atoms with Gasteiger partial charge in [-0.25, -0.2) is 0 Å². The van der Waals surface area contributed by atoms with E-state index >= 15 is 0 Å². The molecule has 1 rings (SSSR count). The van der Waals surface area contributed by atoms with Gasteiger partial charge in [-0.1, -0.05) is 6.92 Å². The van der Waals surface area contributed by atoms with E-state index in [1.165, 1.54) is 5.56 Å². The van der Waals surface area contributed by atoms with Gasteiger partial charge in [-0.05, 0) is 31.2 Å². The van der Waals surface area contributed by atoms with Crippen LogP contribution in [0.1, 0.15) is 19.4 Å². The van der Waals surface area contributed by atoms with E-state index in [9.17, 15) is 0 Å². The third-order valence-corrected chi connectivity index (χ3v) is 2.15. The molecule has 0 saturated heterocycles. The second kappa shape index (κ2) is 5.73. The van der Waals surface area contributed by atoms with E-state index in [1.807, 2.05) is 31.5 Å². The van der Waals surface area contributed by atoms with Crippen molar-refractivity contribution in [1.82, 2.24) is 9.88 Å². The molecule has 0 aliphatic heterocycles. The third kappa shape index (κ3) is 3.85. The SMILES string of the molecule is CCN(Cc1ccncc1)C[C@@H](C)N. The van der Waals surface area contributed by atoms with Crippen LogP contribution < -0.4 is 5.73 Å². The van der Waals surface area contributed by atoms with Crippen LogP contribution >= 0.6 is 0 Å². The van der Waals surface area contributed by atoms with E-state index in [-0.39, 0.29) is 6.04 Å². The minimum absolute atomic E-state index is 0.233. The van der Waals surface area contributed by atoms with Gasteiger partial charge in [-0.15, -0.1) is 0 Å². The second-order valence-corrected chi connectivity index (χ2v) is 3.66. The molecule has 0 radical (unpaired) electrons. The topological polar surface area (TPSA) is 42.2 Å². The minimum atomic E-state index is 0.233. The maximum Gasteiger partial charge on any atom is 0.0271 e. The number of rotatable bonds is 5. The van der Waals surface area contributed by atoms with Gasteiger partial charge >= 0.3 is 0 Å². The largest absolute Gasteiger partial charge is 0.327 e. The van der Waals surface area contributed by atoms with Crippen LogP contribution in [0, 0.1) is 0 Å². The Morgan fingerprint density at radius 3 is 2.57 bits per heavy atom. The van der Waals surface area contributed by atoms with Crippen LogP contribution in [0.25, 0.3) is 0 Å². The first-order chi connectivity index (χ1) is 6.72. The summed E-state index contributed by atoms with van der Waals surface area (Å²) in [5.41, 5.74) is 7.06. The van der Waals surface area contributed by atoms with Crippen LogP contribution in [0.3, 0.4) is 0 Å². The summed E-state index contributed by atoms with van der Waals surface area (Å²) in [7, 11) is 0. The van der Waals surface area contributed by atoms with Crippen LogP contribution in [0.15, 0.2) is 24.5 Å². The molecule has 14 heavy (non-hydrogen) atoms. The second-order valence-electron chi connectivity index (χ2n) is 3.66. The van der Waals surface area contributed by atoms with Gasteiger partial charge in [0.15, 0.2) is 0 Å². The van der Waals surface area contributed by atoms with Crippen LogP contribution in [-0.4, -0.2) is 29.0 Å². The summed E-state index contributed by atoms with van der Waals surface area (Å²) in [6, 6.07) is 4.32. The standard InChI is InChI=1S/C11H19N3/c1-3-14(8-10(2)12)9-11-4-6-13-7-5-11/h4-7,10H,3,8-9,12H2,1-2H3/t10-/m1/s1. The Balaban J connectivity index is 2.48. The monoisotopic (exact) mass is 193 g/mol. The van der Waals surface area contributed by atoms with Crippen LogP contribution in [-0.2, 0) is 6.54 Å². The van der Waals surface area contributed by atoms with Crippen LogP contribution in [0.4, 0.5) is 0 Å². The zero-order chi connectivity index (χ0) is 10.4. The van der Waals surface area contributed by atoms with E-state index in [2.05, 4.69) is 16.8 Å². The molecule has 3 nitrogen and oxygen atoms in total. The number of hydrogen-bond donors (Lipinski definition) is 1. The van der Waals surface area contributed by atoms with E-state index in [4.69, 9.17) is 5.73 Å². The molecule has 0 aliphatic rings. The van der Waals surface area contributed by atoms with Gasteiger partial charge < -0.3 is 5.73 Å². The lowest BCUT2D eigenvalue weighted by Gasteiger charge is -2.22. The molecule has 1 heterocycles. The average Bonchev–Trinajstić information content (AvgIpc) is 2.17. The van der Waals surface area contributed by atoms with Gasteiger partial charge in [-0.2, -0.15) is 0 Å². The van der Waals surface area contributed by atoms with Crippen molar-refractivity contribution < 1.29 is 0 Å². The van der Waals surface area contributed by atoms with Crippen LogP contribution in [0.2, 0.25) is 0 Å². The number of nitrogens with two attached hydrogens (primary N) is 1. The number of likely N-dealkylation sites (N-methyl/N-ethyl adjacent to an activating group) is 1. The van der Waals surface area contributed by atoms with Crippen molar-refractivity contribution in [2.75, 3.05) is 13.1 Å². The van der Waals surface area contributed by atoms with Gasteiger partial charge in [0.1, 0.15) is 0 Å². The first kappa shape index (κ1) is 11.1. The van der Waals surface area contributed by atoms with Crippen molar-refractivity contribution in [3.05, 3.63) is 30.1 Å². The Bertz CT molecular complexity index is 246. The summed E-state index contributed by atoms with van der Waals surface area (Å²) >= 11 is 0. The molecule has 0 bridgehead atoms. The first-order valence-corrected chi connectivity index (χ1v) is 5.09. The lowest BCUT2D eigenvalue weighted by Crippen LogP contribution is -2.35. The van der Waals surface area contributed by atoms with Crippen molar-refractivity contribution in [1.29, 1.82) is 0 Å². The third-order valence-electron chi connectivity index (χ3n) is 2.15. The number of nitrogens with zero attached hydrogens (tertiary/aromatic N) is 2. The Labute approximate surface area is 85.9 Å². The summed E-state index contributed by atoms with van der Waals surface area (Å²) in [5.74, 6) is 0. The van der Waals surface area contributed by atoms with E-state index in [0.717, 1.165) is 19.6 Å². The molecule has 0 aromatic carbocycles. The molecule has 0 unspecified atom stereocenters. The highest BCUT2D eigenvalue weighted by molar-refractivity contribution is 5.09. The maximum atomic E-state index is 5.77. The fourth-order valence-electron chi connectivity index (χ4n) is 1.46. The molecule has 0 saturated carbocycles. The van der Waals surface area contributed by atoms with E-state index in [0.29, 0.717) is 0 Å². The maximum absolute atomic E-state index is 5.77. The highest BCUT2D eigenvalue weighted by Crippen LogP contribution is 2.02. The molecule has 1 atom stereocenters. The molecule has 0 amide bonds. The average molecular weight is 193 g/mol. The van der Waals surface area contributed by atoms with Crippen molar-refractivity contribution >= 4 is 0 Å². The molecule has 0 fully saturated rings. The fourth-order valence-corrected chi connectivity index (χ4v) is 1.46. The summed E-state index contributed by atoms with van der Waals surface area (Å²) in [6.07, 6.45) is 3.66. The van der Waals surface area contributed by atoms with E-state index < -0.39 is 0 Å². The molecule has 0 aliphatic carbocycles. The number of hydrogen-bond acceptors (Lipinski definition) is 3. The molecule has 3 heteroatoms. The predicted octanol–water partition coefficient (Wildman–Crippen LogP) is 1.25. The molecule has 1 aromatic rings. The smallest absolute Gasteiger partial charge is 0.0271 e. The zero-order valence-corrected chi connectivity index (χ0v) is 8.98. The summed E-state index contributed by atoms with van der Waals surface area (Å²) in [5, 5.41) is 0. The summed E-state index contributed by atoms with van der Waals surface area (Å²) < 4.78 is 0. The van der Waals surface area contributed by atoms with Gasteiger partial charge in [0.05, 0.1) is 0 Å². The van der Waals surface area contributed by atoms with Gasteiger partial charge in [0.2, 0.25) is 0 Å². The molecule has 2 N–H and O–H groups in total. The Hall–Kier alpha value is -0.930. The normalized spacial score (nSPS) is 13.1. The lowest BCUT2D eigenvalue weighted by atomic mass is 10.2. The van der Waals surface area contributed by atoms with Crippen molar-refractivity contribution in [3.8, 4) is 0 Å². The number of pyridine rings is 1. The van der Waals surface area contributed by atoms with Gasteiger partial charge in [0, 0.05) is 31.5 Å².